The summed E-state index contributed by atoms with van der Waals surface area (Å²) in [7, 11) is -3.51. The summed E-state index contributed by atoms with van der Waals surface area (Å²) in [5.41, 5.74) is 1.29. The summed E-state index contributed by atoms with van der Waals surface area (Å²) < 4.78 is 25.5. The first-order chi connectivity index (χ1) is 16.3. The van der Waals surface area contributed by atoms with Crippen LogP contribution >= 0.6 is 11.6 Å². The van der Waals surface area contributed by atoms with Crippen molar-refractivity contribution in [3.63, 3.8) is 0 Å². The number of amides is 1. The number of hydrogen-bond acceptors (Lipinski definition) is 7. The number of nitrogens with zero attached hydrogens (tertiary/aromatic N) is 4. The summed E-state index contributed by atoms with van der Waals surface area (Å²) in [6.45, 7) is 0.498. The maximum Gasteiger partial charge on any atom is 0.279 e. The first kappa shape index (κ1) is 23.9. The molecule has 11 heteroatoms. The average Bonchev–Trinajstić information content (AvgIpc) is 3.46. The van der Waals surface area contributed by atoms with Crippen LogP contribution in [0.2, 0.25) is 5.02 Å². The van der Waals surface area contributed by atoms with Gasteiger partial charge in [-0.3, -0.25) is 14.5 Å². The van der Waals surface area contributed by atoms with Gasteiger partial charge in [0.1, 0.15) is 6.10 Å². The van der Waals surface area contributed by atoms with E-state index in [1.165, 1.54) is 18.2 Å². The summed E-state index contributed by atoms with van der Waals surface area (Å²) in [4.78, 5) is 22.8. The molecule has 178 valence electrons. The van der Waals surface area contributed by atoms with Crippen LogP contribution in [0.15, 0.2) is 65.0 Å². The Kier molecular flexibility index (Phi) is 7.28. The fraction of sp³-hybridized carbons (Fsp3) is 0.304. The molecule has 1 amide bonds. The van der Waals surface area contributed by atoms with Crippen LogP contribution in [0.3, 0.4) is 0 Å². The Balaban J connectivity index is 1.56. The summed E-state index contributed by atoms with van der Waals surface area (Å²) in [6, 6.07) is 9.68. The van der Waals surface area contributed by atoms with Gasteiger partial charge in [-0.15, -0.1) is 0 Å². The third-order valence-corrected chi connectivity index (χ3v) is 6.94. The Bertz CT molecular complexity index is 1300. The number of oxime groups is 1. The summed E-state index contributed by atoms with van der Waals surface area (Å²) >= 11 is 6.20. The van der Waals surface area contributed by atoms with E-state index < -0.39 is 15.7 Å². The second kappa shape index (κ2) is 10.4. The van der Waals surface area contributed by atoms with E-state index in [9.17, 15) is 13.2 Å². The standard InChI is InChI=1S/C23H24ClN5O4S/c1-34(31,32)20-9-8-17(13-19(20)24)22(28-33-18-6-2-3-7-18)23(30)26-21-10-12-29(27-21)15-16-5-4-11-25-14-16/h4-5,8-14,18H,2-3,6-7,15H2,1H3,(H,26,27,30)/b28-22-. The number of halogens is 1. The largest absolute Gasteiger partial charge is 0.392 e. The maximum atomic E-state index is 13.1. The predicted octanol–water partition coefficient (Wildman–Crippen LogP) is 3.69. The van der Waals surface area contributed by atoms with E-state index in [0.29, 0.717) is 17.9 Å². The lowest BCUT2D eigenvalue weighted by Gasteiger charge is -2.11. The molecule has 1 aliphatic carbocycles. The monoisotopic (exact) mass is 501 g/mol. The molecule has 2 aromatic heterocycles. The van der Waals surface area contributed by atoms with E-state index in [4.69, 9.17) is 16.4 Å². The molecule has 1 saturated carbocycles. The first-order valence-electron chi connectivity index (χ1n) is 10.8. The van der Waals surface area contributed by atoms with Crippen molar-refractivity contribution in [1.82, 2.24) is 14.8 Å². The van der Waals surface area contributed by atoms with Crippen LogP contribution in [0.25, 0.3) is 0 Å². The lowest BCUT2D eigenvalue weighted by atomic mass is 10.1. The van der Waals surface area contributed by atoms with Gasteiger partial charge in [-0.25, -0.2) is 8.42 Å². The molecule has 0 radical (unpaired) electrons. The molecule has 0 bridgehead atoms. The van der Waals surface area contributed by atoms with E-state index in [2.05, 4.69) is 20.6 Å². The molecule has 3 aromatic rings. The number of nitrogens with one attached hydrogen (secondary N) is 1. The van der Waals surface area contributed by atoms with Gasteiger partial charge >= 0.3 is 0 Å². The molecule has 1 aromatic carbocycles. The normalized spacial score (nSPS) is 14.8. The van der Waals surface area contributed by atoms with Gasteiger partial charge in [0.05, 0.1) is 16.5 Å². The van der Waals surface area contributed by atoms with Crippen LogP contribution in [0.4, 0.5) is 5.82 Å². The average molecular weight is 502 g/mol. The molecule has 34 heavy (non-hydrogen) atoms. The summed E-state index contributed by atoms with van der Waals surface area (Å²) in [5.74, 6) is -0.214. The van der Waals surface area contributed by atoms with E-state index in [-0.39, 0.29) is 21.7 Å². The minimum Gasteiger partial charge on any atom is -0.392 e. The van der Waals surface area contributed by atoms with Crippen molar-refractivity contribution in [2.75, 3.05) is 11.6 Å². The third-order valence-electron chi connectivity index (χ3n) is 5.36. The highest BCUT2D eigenvalue weighted by molar-refractivity contribution is 7.90. The molecule has 0 spiro atoms. The van der Waals surface area contributed by atoms with Gasteiger partial charge < -0.3 is 10.2 Å². The van der Waals surface area contributed by atoms with Crippen LogP contribution in [-0.4, -0.2) is 47.2 Å². The molecule has 4 rings (SSSR count). The topological polar surface area (TPSA) is 116 Å². The highest BCUT2D eigenvalue weighted by Gasteiger charge is 2.22. The minimum atomic E-state index is -3.51. The van der Waals surface area contributed by atoms with E-state index in [0.717, 1.165) is 37.5 Å². The number of pyridine rings is 1. The van der Waals surface area contributed by atoms with Crippen molar-refractivity contribution < 1.29 is 18.0 Å². The second-order valence-corrected chi connectivity index (χ2v) is 10.5. The van der Waals surface area contributed by atoms with Crippen LogP contribution in [0.5, 0.6) is 0 Å². The van der Waals surface area contributed by atoms with Crippen molar-refractivity contribution in [3.05, 3.63) is 71.1 Å². The molecule has 0 unspecified atom stereocenters. The van der Waals surface area contributed by atoms with Crippen molar-refractivity contribution in [3.8, 4) is 0 Å². The quantitative estimate of drug-likeness (QED) is 0.372. The number of benzene rings is 1. The van der Waals surface area contributed by atoms with Gasteiger partial charge in [0.15, 0.2) is 21.4 Å². The number of carbonyl (C=O) groups is 1. The van der Waals surface area contributed by atoms with Gasteiger partial charge in [-0.2, -0.15) is 5.10 Å². The van der Waals surface area contributed by atoms with Crippen molar-refractivity contribution >= 4 is 38.9 Å². The smallest absolute Gasteiger partial charge is 0.279 e. The fourth-order valence-electron chi connectivity index (χ4n) is 3.67. The number of rotatable bonds is 8. The Labute approximate surface area is 202 Å². The zero-order chi connectivity index (χ0) is 24.1. The van der Waals surface area contributed by atoms with Gasteiger partial charge in [0.2, 0.25) is 0 Å². The summed E-state index contributed by atoms with van der Waals surface area (Å²) in [6.07, 6.45) is 10.0. The predicted molar refractivity (Wildman–Crippen MR) is 129 cm³/mol. The molecular formula is C23H24ClN5O4S. The van der Waals surface area contributed by atoms with Crippen molar-refractivity contribution in [2.45, 2.75) is 43.2 Å². The van der Waals surface area contributed by atoms with Gasteiger partial charge in [-0.05, 0) is 49.4 Å². The Morgan fingerprint density at radius 1 is 1.26 bits per heavy atom. The van der Waals surface area contributed by atoms with Crippen LogP contribution in [0.1, 0.15) is 36.8 Å². The highest BCUT2D eigenvalue weighted by atomic mass is 35.5. The zero-order valence-electron chi connectivity index (χ0n) is 18.5. The number of carbonyl (C=O) groups excluding carboxylic acids is 1. The number of aromatic nitrogens is 3. The molecule has 9 nitrogen and oxygen atoms in total. The van der Waals surface area contributed by atoms with E-state index in [1.54, 1.807) is 29.3 Å². The zero-order valence-corrected chi connectivity index (χ0v) is 20.1. The number of hydrogen-bond donors (Lipinski definition) is 1. The summed E-state index contributed by atoms with van der Waals surface area (Å²) in [5, 5.41) is 11.2. The van der Waals surface area contributed by atoms with Gasteiger partial charge in [-0.1, -0.05) is 28.9 Å². The molecule has 1 aliphatic rings. The lowest BCUT2D eigenvalue weighted by molar-refractivity contribution is -0.110. The van der Waals surface area contributed by atoms with Gasteiger partial charge in [0.25, 0.3) is 5.91 Å². The van der Waals surface area contributed by atoms with E-state index in [1.807, 2.05) is 12.1 Å². The molecule has 0 saturated heterocycles. The molecule has 0 atom stereocenters. The number of anilines is 1. The molecule has 0 aliphatic heterocycles. The van der Waals surface area contributed by atoms with Crippen molar-refractivity contribution in [1.29, 1.82) is 0 Å². The minimum absolute atomic E-state index is 0.00196. The first-order valence-corrected chi connectivity index (χ1v) is 13.0. The fourth-order valence-corrected chi connectivity index (χ4v) is 5.00. The highest BCUT2D eigenvalue weighted by Crippen LogP contribution is 2.25. The van der Waals surface area contributed by atoms with Crippen LogP contribution < -0.4 is 5.32 Å². The third kappa shape index (κ3) is 6.00. The lowest BCUT2D eigenvalue weighted by Crippen LogP contribution is -2.25. The van der Waals surface area contributed by atoms with Crippen molar-refractivity contribution in [2.24, 2.45) is 5.16 Å². The Hall–Kier alpha value is -3.24. The molecule has 2 heterocycles. The molecule has 1 N–H and O–H groups in total. The Morgan fingerprint density at radius 3 is 2.74 bits per heavy atom. The second-order valence-electron chi connectivity index (χ2n) is 8.08. The molecule has 1 fully saturated rings. The maximum absolute atomic E-state index is 13.1. The SMILES string of the molecule is CS(=O)(=O)c1ccc(/C(=N/OC2CCCC2)C(=O)Nc2ccn(Cc3cccnc3)n2)cc1Cl. The number of sulfone groups is 1. The van der Waals surface area contributed by atoms with E-state index >= 15 is 0 Å². The molecular weight excluding hydrogens is 478 g/mol. The van der Waals surface area contributed by atoms with Gasteiger partial charge in [0, 0.05) is 36.5 Å². The Morgan fingerprint density at radius 2 is 2.06 bits per heavy atom. The van der Waals surface area contributed by atoms with Crippen LogP contribution in [0, 0.1) is 0 Å². The van der Waals surface area contributed by atoms with Crippen LogP contribution in [-0.2, 0) is 26.0 Å².